The molecular formula is C51H51GeIrN7O-2. The predicted octanol–water partition coefficient (Wildman–Crippen LogP) is 12.2. The Morgan fingerprint density at radius 2 is 1.39 bits per heavy atom. The van der Waals surface area contributed by atoms with Crippen molar-refractivity contribution in [1.29, 1.82) is 0 Å². The Labute approximate surface area is 375 Å². The van der Waals surface area contributed by atoms with Gasteiger partial charge in [0.05, 0.1) is 11.4 Å². The maximum Gasteiger partial charge on any atom is 0.214 e. The summed E-state index contributed by atoms with van der Waals surface area (Å²) >= 11 is -1.86. The van der Waals surface area contributed by atoms with Gasteiger partial charge in [-0.15, -0.1) is 28.4 Å². The van der Waals surface area contributed by atoms with E-state index in [-0.39, 0.29) is 31.9 Å². The second-order valence-electron chi connectivity index (χ2n) is 17.5. The third kappa shape index (κ3) is 9.01. The van der Waals surface area contributed by atoms with E-state index in [0.717, 1.165) is 50.9 Å². The molecule has 10 heteroatoms. The second kappa shape index (κ2) is 18.3. The van der Waals surface area contributed by atoms with Crippen molar-refractivity contribution in [3.8, 4) is 39.5 Å². The second-order valence-corrected chi connectivity index (χ2v) is 28.1. The average molecular weight is 1040 g/mol. The molecule has 0 aliphatic carbocycles. The summed E-state index contributed by atoms with van der Waals surface area (Å²) in [6.45, 7) is 13.4. The molecule has 0 fully saturated rings. The Morgan fingerprint density at radius 3 is 2.07 bits per heavy atom. The summed E-state index contributed by atoms with van der Waals surface area (Å²) in [7, 11) is 0. The number of nitrogens with zero attached hydrogens (tertiary/aromatic N) is 7. The van der Waals surface area contributed by atoms with E-state index in [4.69, 9.17) is 14.4 Å². The Bertz CT molecular complexity index is 2910. The van der Waals surface area contributed by atoms with Crippen molar-refractivity contribution in [3.63, 3.8) is 0 Å². The molecule has 1 radical (unpaired) electrons. The van der Waals surface area contributed by atoms with E-state index in [0.29, 0.717) is 23.0 Å². The van der Waals surface area contributed by atoms with E-state index in [9.17, 15) is 0 Å². The van der Waals surface area contributed by atoms with Crippen LogP contribution in [-0.2, 0) is 26.5 Å². The van der Waals surface area contributed by atoms with Crippen LogP contribution in [0.5, 0.6) is 0 Å². The van der Waals surface area contributed by atoms with E-state index in [1.165, 1.54) is 27.8 Å². The molecule has 4 heterocycles. The van der Waals surface area contributed by atoms with Crippen LogP contribution in [0.4, 0.5) is 0 Å². The molecule has 0 aliphatic heterocycles. The standard InChI is InChI=1S/C33H27N6O.C18H24GeN.Ir/c1-19(2)26-17-22(21-11-6-5-7-12-21)18-27(20(3)4)29(26)39-32(34-31-33(39)36-38-37-35-31)25-15-10-14-24-23-13-8-9-16-28(23)40-30(24)25;1-14(2)11-16-12-18(15-9-7-6-8-10-15)20-13-17(16)19(3,4)5;/h5-14,16-20H,1-4H3;6-9,12-14H,11H2,1-5H3;/q2*-1;. The number of hydrogen-bond acceptors (Lipinski definition) is 7. The topological polar surface area (TPSA) is 95.4 Å². The van der Waals surface area contributed by atoms with Gasteiger partial charge in [0.15, 0.2) is 0 Å². The molecule has 0 saturated carbocycles. The number of fused-ring (bicyclic) bond motifs is 4. The van der Waals surface area contributed by atoms with Crippen molar-refractivity contribution in [3.05, 3.63) is 144 Å². The molecule has 5 aromatic carbocycles. The molecule has 9 aromatic rings. The third-order valence-corrected chi connectivity index (χ3v) is 15.2. The first-order chi connectivity index (χ1) is 28.9. The third-order valence-electron chi connectivity index (χ3n) is 10.9. The molecule has 0 spiro atoms. The van der Waals surface area contributed by atoms with Crippen LogP contribution in [-0.4, -0.2) is 48.4 Å². The van der Waals surface area contributed by atoms with E-state index in [1.54, 1.807) is 4.40 Å². The molecule has 0 aliphatic rings. The summed E-state index contributed by atoms with van der Waals surface area (Å²) in [6, 6.07) is 44.1. The van der Waals surface area contributed by atoms with Crippen molar-refractivity contribution in [2.75, 3.05) is 0 Å². The maximum atomic E-state index is 6.40. The van der Waals surface area contributed by atoms with Gasteiger partial charge in [-0.25, -0.2) is 0 Å². The minimum Gasteiger partial charge on any atom is -0.501 e. The van der Waals surface area contributed by atoms with Crippen LogP contribution in [0, 0.1) is 18.1 Å². The smallest absolute Gasteiger partial charge is 0.214 e. The van der Waals surface area contributed by atoms with E-state index < -0.39 is 13.3 Å². The first-order valence-electron chi connectivity index (χ1n) is 20.9. The number of aromatic nitrogens is 7. The van der Waals surface area contributed by atoms with Crippen molar-refractivity contribution in [2.24, 2.45) is 5.92 Å². The zero-order valence-corrected chi connectivity index (χ0v) is 40.8. The van der Waals surface area contributed by atoms with Gasteiger partial charge < -0.3 is 8.98 Å². The minimum atomic E-state index is -1.86. The van der Waals surface area contributed by atoms with Crippen LogP contribution in [0.1, 0.15) is 70.1 Å². The van der Waals surface area contributed by atoms with Gasteiger partial charge in [-0.05, 0) is 62.7 Å². The van der Waals surface area contributed by atoms with Gasteiger partial charge in [-0.2, -0.15) is 0 Å². The average Bonchev–Trinajstić information content (AvgIpc) is 3.82. The summed E-state index contributed by atoms with van der Waals surface area (Å²) in [4.78, 5) is 9.66. The quantitative estimate of drug-likeness (QED) is 0.105. The Balaban J connectivity index is 0.000000226. The fraction of sp³-hybridized carbons (Fsp3) is 0.255. The van der Waals surface area contributed by atoms with Crippen LogP contribution >= 0.6 is 0 Å². The molecule has 0 amide bonds. The molecule has 0 atom stereocenters. The zero-order chi connectivity index (χ0) is 42.1. The number of para-hydroxylation sites is 1. The number of imidazole rings is 1. The molecule has 0 bridgehead atoms. The summed E-state index contributed by atoms with van der Waals surface area (Å²) < 4.78 is 10.0. The molecule has 4 aromatic heterocycles. The number of pyridine rings is 1. The molecule has 0 saturated heterocycles. The van der Waals surface area contributed by atoms with Crippen LogP contribution in [0.15, 0.2) is 120 Å². The molecule has 0 N–H and O–H groups in total. The molecule has 0 unspecified atom stereocenters. The predicted molar refractivity (Wildman–Crippen MR) is 247 cm³/mol. The van der Waals surface area contributed by atoms with Crippen LogP contribution < -0.4 is 4.40 Å². The van der Waals surface area contributed by atoms with Gasteiger partial charge in [0.25, 0.3) is 0 Å². The van der Waals surface area contributed by atoms with Gasteiger partial charge in [0.2, 0.25) is 11.3 Å². The summed E-state index contributed by atoms with van der Waals surface area (Å²) in [5.74, 6) is 9.07. The van der Waals surface area contributed by atoms with E-state index >= 15 is 0 Å². The molecule has 8 nitrogen and oxygen atoms in total. The minimum absolute atomic E-state index is 0. The SMILES string of the molecule is CC(C)Cc1cc(-c2[c-]cccc2)nc[c]1[Ge]([CH3])([CH3])[CH3].CC(C)c1cc(-c2ccccc2)cc(C(C)C)c1-n1c(-c2[c-]ccc3c2oc2ccccc23)nc2nnnnc21.[Ir]. The Hall–Kier alpha value is -5.35. The van der Waals surface area contributed by atoms with Gasteiger partial charge in [-0.1, -0.05) is 87.2 Å². The van der Waals surface area contributed by atoms with E-state index in [1.807, 2.05) is 54.6 Å². The van der Waals surface area contributed by atoms with Crippen LogP contribution in [0.25, 0.3) is 72.7 Å². The largest absolute Gasteiger partial charge is 0.501 e. The van der Waals surface area contributed by atoms with Crippen molar-refractivity contribution >= 4 is 50.9 Å². The molecule has 9 rings (SSSR count). The summed E-state index contributed by atoms with van der Waals surface area (Å²) in [5.41, 5.74) is 12.6. The van der Waals surface area contributed by atoms with Crippen molar-refractivity contribution < 1.29 is 24.5 Å². The first kappa shape index (κ1) is 43.7. The maximum absolute atomic E-state index is 6.40. The summed E-state index contributed by atoms with van der Waals surface area (Å²) in [5, 5.41) is 18.5. The van der Waals surface area contributed by atoms with Gasteiger partial charge >= 0.3 is 126 Å². The monoisotopic (exact) mass is 1040 g/mol. The zero-order valence-electron chi connectivity index (χ0n) is 36.3. The Kier molecular flexibility index (Phi) is 13.1. The van der Waals surface area contributed by atoms with Gasteiger partial charge in [0, 0.05) is 31.2 Å². The first-order valence-corrected chi connectivity index (χ1v) is 28.2. The number of benzene rings is 5. The summed E-state index contributed by atoms with van der Waals surface area (Å²) in [6.07, 6.45) is 3.27. The number of furan rings is 1. The Morgan fingerprint density at radius 1 is 0.705 bits per heavy atom. The fourth-order valence-corrected chi connectivity index (χ4v) is 11.3. The molecule has 61 heavy (non-hydrogen) atoms. The van der Waals surface area contributed by atoms with Crippen molar-refractivity contribution in [2.45, 2.75) is 77.1 Å². The molecule has 311 valence electrons. The van der Waals surface area contributed by atoms with Crippen molar-refractivity contribution in [1.82, 2.24) is 35.2 Å². The van der Waals surface area contributed by atoms with E-state index in [2.05, 4.69) is 157 Å². The number of hydrogen-bond donors (Lipinski definition) is 0. The normalized spacial score (nSPS) is 11.7. The van der Waals surface area contributed by atoms with Gasteiger partial charge in [0.1, 0.15) is 5.58 Å². The fourth-order valence-electron chi connectivity index (χ4n) is 8.01. The number of rotatable bonds is 9. The molecular weight excluding hydrogens is 991 g/mol. The van der Waals surface area contributed by atoms with Crippen LogP contribution in [0.2, 0.25) is 17.3 Å². The van der Waals surface area contributed by atoms with Crippen LogP contribution in [0.3, 0.4) is 0 Å². The van der Waals surface area contributed by atoms with Gasteiger partial charge in [-0.3, -0.25) is 4.98 Å².